The third kappa shape index (κ3) is 2.46. The lowest BCUT2D eigenvalue weighted by atomic mass is 10.1. The minimum absolute atomic E-state index is 0.0135. The second kappa shape index (κ2) is 5.88. The van der Waals surface area contributed by atoms with Crippen molar-refractivity contribution in [1.29, 1.82) is 0 Å². The van der Waals surface area contributed by atoms with E-state index >= 15 is 0 Å². The van der Waals surface area contributed by atoms with Crippen molar-refractivity contribution in [2.24, 2.45) is 0 Å². The van der Waals surface area contributed by atoms with Crippen LogP contribution in [0, 0.1) is 0 Å². The van der Waals surface area contributed by atoms with Gasteiger partial charge in [0.15, 0.2) is 5.82 Å². The molecular formula is C18H17N5O. The number of amides is 1. The second-order valence-electron chi connectivity index (χ2n) is 5.91. The summed E-state index contributed by atoms with van der Waals surface area (Å²) in [7, 11) is 1.87. The van der Waals surface area contributed by atoms with E-state index in [1.807, 2.05) is 18.0 Å². The van der Waals surface area contributed by atoms with Gasteiger partial charge in [-0.1, -0.05) is 24.3 Å². The van der Waals surface area contributed by atoms with Crippen LogP contribution in [0.5, 0.6) is 0 Å². The van der Waals surface area contributed by atoms with E-state index in [9.17, 15) is 4.79 Å². The number of aromatic nitrogens is 4. The fourth-order valence-electron chi connectivity index (χ4n) is 3.29. The number of hydrogen-bond donors (Lipinski definition) is 0. The van der Waals surface area contributed by atoms with E-state index in [0.717, 1.165) is 12.8 Å². The number of carbonyl (C=O) groups is 1. The summed E-state index contributed by atoms with van der Waals surface area (Å²) in [5.74, 6) is 0.569. The summed E-state index contributed by atoms with van der Waals surface area (Å²) in [5.41, 5.74) is 3.18. The van der Waals surface area contributed by atoms with Gasteiger partial charge in [-0.05, 0) is 36.1 Å². The molecule has 1 aliphatic carbocycles. The molecule has 6 heteroatoms. The highest BCUT2D eigenvalue weighted by Gasteiger charge is 2.28. The first kappa shape index (κ1) is 14.6. The third-order valence-electron chi connectivity index (χ3n) is 4.53. The van der Waals surface area contributed by atoms with Crippen molar-refractivity contribution in [2.75, 3.05) is 7.05 Å². The lowest BCUT2D eigenvalue weighted by Crippen LogP contribution is -2.30. The Labute approximate surface area is 139 Å². The molecule has 0 aliphatic heterocycles. The van der Waals surface area contributed by atoms with Gasteiger partial charge in [-0.25, -0.2) is 14.6 Å². The molecule has 0 saturated heterocycles. The molecule has 1 aliphatic rings. The Bertz CT molecular complexity index is 875. The van der Waals surface area contributed by atoms with E-state index in [1.54, 1.807) is 29.3 Å². The predicted molar refractivity (Wildman–Crippen MR) is 88.8 cm³/mol. The maximum atomic E-state index is 12.9. The van der Waals surface area contributed by atoms with Gasteiger partial charge in [0.25, 0.3) is 5.91 Å². The van der Waals surface area contributed by atoms with Crippen LogP contribution in [-0.2, 0) is 6.42 Å². The van der Waals surface area contributed by atoms with Gasteiger partial charge >= 0.3 is 0 Å². The van der Waals surface area contributed by atoms with Crippen LogP contribution in [0.25, 0.3) is 5.82 Å². The highest BCUT2D eigenvalue weighted by molar-refractivity contribution is 5.94. The number of aryl methyl sites for hydroxylation is 1. The van der Waals surface area contributed by atoms with Crippen LogP contribution in [0.3, 0.4) is 0 Å². The zero-order valence-electron chi connectivity index (χ0n) is 13.3. The molecule has 120 valence electrons. The summed E-state index contributed by atoms with van der Waals surface area (Å²) < 4.78 is 1.54. The number of rotatable bonds is 3. The average molecular weight is 319 g/mol. The minimum Gasteiger partial charge on any atom is -0.335 e. The topological polar surface area (TPSA) is 63.9 Å². The highest BCUT2D eigenvalue weighted by atomic mass is 16.2. The van der Waals surface area contributed by atoms with Crippen LogP contribution < -0.4 is 0 Å². The Kier molecular flexibility index (Phi) is 3.57. The van der Waals surface area contributed by atoms with Crippen LogP contribution in [0.15, 0.2) is 55.2 Å². The average Bonchev–Trinajstić information content (AvgIpc) is 3.30. The molecule has 24 heavy (non-hydrogen) atoms. The lowest BCUT2D eigenvalue weighted by molar-refractivity contribution is 0.0730. The van der Waals surface area contributed by atoms with E-state index in [-0.39, 0.29) is 11.9 Å². The molecule has 0 fully saturated rings. The monoisotopic (exact) mass is 319 g/mol. The Balaban J connectivity index is 1.61. The summed E-state index contributed by atoms with van der Waals surface area (Å²) in [6.45, 7) is 0. The Morgan fingerprint density at radius 1 is 1.29 bits per heavy atom. The largest absolute Gasteiger partial charge is 0.335 e. The normalized spacial score (nSPS) is 16.0. The van der Waals surface area contributed by atoms with E-state index in [2.05, 4.69) is 33.3 Å². The summed E-state index contributed by atoms with van der Waals surface area (Å²) >= 11 is 0. The van der Waals surface area contributed by atoms with Gasteiger partial charge in [-0.15, -0.1) is 0 Å². The molecule has 0 radical (unpaired) electrons. The van der Waals surface area contributed by atoms with Crippen LogP contribution in [0.2, 0.25) is 0 Å². The van der Waals surface area contributed by atoms with Gasteiger partial charge in [0.05, 0.1) is 6.04 Å². The van der Waals surface area contributed by atoms with Crippen LogP contribution in [-0.4, -0.2) is 37.6 Å². The zero-order valence-corrected chi connectivity index (χ0v) is 13.3. The van der Waals surface area contributed by atoms with Crippen LogP contribution >= 0.6 is 0 Å². The van der Waals surface area contributed by atoms with E-state index in [0.29, 0.717) is 11.4 Å². The van der Waals surface area contributed by atoms with Crippen molar-refractivity contribution in [3.8, 4) is 5.82 Å². The molecule has 2 aromatic heterocycles. The quantitative estimate of drug-likeness (QED) is 0.744. The van der Waals surface area contributed by atoms with Gasteiger partial charge in [0.2, 0.25) is 0 Å². The molecule has 3 aromatic rings. The molecule has 4 rings (SSSR count). The molecule has 1 unspecified atom stereocenters. The van der Waals surface area contributed by atoms with Crippen molar-refractivity contribution in [1.82, 2.24) is 24.6 Å². The maximum absolute atomic E-state index is 12.9. The van der Waals surface area contributed by atoms with Gasteiger partial charge in [0.1, 0.15) is 12.7 Å². The first-order chi connectivity index (χ1) is 11.7. The van der Waals surface area contributed by atoms with Crippen molar-refractivity contribution < 1.29 is 4.79 Å². The molecular weight excluding hydrogens is 302 g/mol. The van der Waals surface area contributed by atoms with Gasteiger partial charge in [-0.2, -0.15) is 5.10 Å². The van der Waals surface area contributed by atoms with Crippen LogP contribution in [0.4, 0.5) is 0 Å². The van der Waals surface area contributed by atoms with Crippen LogP contribution in [0.1, 0.15) is 33.9 Å². The van der Waals surface area contributed by atoms with E-state index in [1.165, 1.54) is 17.5 Å². The Hall–Kier alpha value is -3.02. The number of pyridine rings is 1. The van der Waals surface area contributed by atoms with E-state index in [4.69, 9.17) is 0 Å². The SMILES string of the molecule is CN(C(=O)c1ccnc(-n2cncn2)c1)C1CCc2ccccc21. The predicted octanol–water partition coefficient (Wildman–Crippen LogP) is 2.42. The highest BCUT2D eigenvalue weighted by Crippen LogP contribution is 2.35. The Morgan fingerprint density at radius 3 is 3.00 bits per heavy atom. The molecule has 1 aromatic carbocycles. The number of hydrogen-bond acceptors (Lipinski definition) is 4. The smallest absolute Gasteiger partial charge is 0.254 e. The molecule has 1 atom stereocenters. The third-order valence-corrected chi connectivity index (χ3v) is 4.53. The summed E-state index contributed by atoms with van der Waals surface area (Å²) in [4.78, 5) is 22.9. The Morgan fingerprint density at radius 2 is 2.17 bits per heavy atom. The van der Waals surface area contributed by atoms with Crippen molar-refractivity contribution in [3.05, 3.63) is 71.9 Å². The molecule has 6 nitrogen and oxygen atoms in total. The van der Waals surface area contributed by atoms with Crippen molar-refractivity contribution in [3.63, 3.8) is 0 Å². The number of nitrogens with zero attached hydrogens (tertiary/aromatic N) is 5. The second-order valence-corrected chi connectivity index (χ2v) is 5.91. The zero-order chi connectivity index (χ0) is 16.5. The fourth-order valence-corrected chi connectivity index (χ4v) is 3.29. The number of carbonyl (C=O) groups excluding carboxylic acids is 1. The van der Waals surface area contributed by atoms with Crippen molar-refractivity contribution >= 4 is 5.91 Å². The molecule has 0 saturated carbocycles. The van der Waals surface area contributed by atoms with Crippen molar-refractivity contribution in [2.45, 2.75) is 18.9 Å². The summed E-state index contributed by atoms with van der Waals surface area (Å²) in [5, 5.41) is 4.06. The first-order valence-electron chi connectivity index (χ1n) is 7.90. The molecule has 1 amide bonds. The summed E-state index contributed by atoms with van der Waals surface area (Å²) in [6.07, 6.45) is 6.60. The lowest BCUT2D eigenvalue weighted by Gasteiger charge is -2.25. The first-order valence-corrected chi connectivity index (χ1v) is 7.90. The number of fused-ring (bicyclic) bond motifs is 1. The van der Waals surface area contributed by atoms with E-state index < -0.39 is 0 Å². The standard InChI is InChI=1S/C18H17N5O/c1-22(16-7-6-13-4-2-3-5-15(13)16)18(24)14-8-9-20-17(10-14)23-12-19-11-21-23/h2-5,8-12,16H,6-7H2,1H3. The molecule has 2 heterocycles. The maximum Gasteiger partial charge on any atom is 0.254 e. The van der Waals surface area contributed by atoms with Gasteiger partial charge in [-0.3, -0.25) is 4.79 Å². The fraction of sp³-hybridized carbons (Fsp3) is 0.222. The molecule has 0 bridgehead atoms. The molecule has 0 N–H and O–H groups in total. The molecule has 0 spiro atoms. The number of benzene rings is 1. The van der Waals surface area contributed by atoms with Gasteiger partial charge in [0, 0.05) is 18.8 Å². The minimum atomic E-state index is -0.0135. The summed E-state index contributed by atoms with van der Waals surface area (Å²) in [6, 6.07) is 11.9. The van der Waals surface area contributed by atoms with Gasteiger partial charge < -0.3 is 4.90 Å².